The fraction of sp³-hybridized carbons (Fsp3) is 0.105. The SMILES string of the molecule is COC(=O)c1cccc(N/C=C(/C#N)C(=O)Nc2cccc(C)c2)c1. The fourth-order valence-corrected chi connectivity index (χ4v) is 2.08. The molecule has 2 aromatic rings. The fourth-order valence-electron chi connectivity index (χ4n) is 2.08. The Bertz CT molecular complexity index is 866. The molecule has 0 aliphatic rings. The Labute approximate surface area is 145 Å². The first-order chi connectivity index (χ1) is 12.0. The van der Waals surface area contributed by atoms with E-state index in [-0.39, 0.29) is 5.57 Å². The van der Waals surface area contributed by atoms with Crippen molar-refractivity contribution in [2.75, 3.05) is 17.7 Å². The molecule has 0 heterocycles. The van der Waals surface area contributed by atoms with E-state index in [0.717, 1.165) is 5.56 Å². The Morgan fingerprint density at radius 3 is 2.52 bits per heavy atom. The second kappa shape index (κ2) is 8.31. The summed E-state index contributed by atoms with van der Waals surface area (Å²) in [6, 6.07) is 15.7. The summed E-state index contributed by atoms with van der Waals surface area (Å²) < 4.78 is 4.65. The van der Waals surface area contributed by atoms with Crippen molar-refractivity contribution in [3.63, 3.8) is 0 Å². The molecule has 0 fully saturated rings. The summed E-state index contributed by atoms with van der Waals surface area (Å²) in [7, 11) is 1.30. The Balaban J connectivity index is 2.11. The normalized spacial score (nSPS) is 10.5. The van der Waals surface area contributed by atoms with Gasteiger partial charge in [0.25, 0.3) is 5.91 Å². The molecular formula is C19H17N3O3. The average Bonchev–Trinajstić information content (AvgIpc) is 2.61. The highest BCUT2D eigenvalue weighted by Crippen LogP contribution is 2.13. The van der Waals surface area contributed by atoms with Gasteiger partial charge in [0.05, 0.1) is 12.7 Å². The van der Waals surface area contributed by atoms with Gasteiger partial charge in [0.2, 0.25) is 0 Å². The van der Waals surface area contributed by atoms with Gasteiger partial charge in [-0.05, 0) is 42.8 Å². The van der Waals surface area contributed by atoms with Gasteiger partial charge in [-0.1, -0.05) is 18.2 Å². The number of esters is 1. The summed E-state index contributed by atoms with van der Waals surface area (Å²) in [5.74, 6) is -0.991. The lowest BCUT2D eigenvalue weighted by molar-refractivity contribution is -0.112. The van der Waals surface area contributed by atoms with Crippen molar-refractivity contribution < 1.29 is 14.3 Å². The molecular weight excluding hydrogens is 318 g/mol. The van der Waals surface area contributed by atoms with Gasteiger partial charge < -0.3 is 15.4 Å². The minimum absolute atomic E-state index is 0.0926. The molecule has 6 nitrogen and oxygen atoms in total. The van der Waals surface area contributed by atoms with Crippen LogP contribution in [0.15, 0.2) is 60.3 Å². The van der Waals surface area contributed by atoms with Crippen LogP contribution in [0.25, 0.3) is 0 Å². The maximum absolute atomic E-state index is 12.2. The molecule has 0 unspecified atom stereocenters. The molecule has 126 valence electrons. The van der Waals surface area contributed by atoms with Gasteiger partial charge in [-0.25, -0.2) is 4.79 Å². The maximum Gasteiger partial charge on any atom is 0.337 e. The van der Waals surface area contributed by atoms with Crippen LogP contribution < -0.4 is 10.6 Å². The topological polar surface area (TPSA) is 91.2 Å². The number of methoxy groups -OCH3 is 1. The van der Waals surface area contributed by atoms with Gasteiger partial charge in [0.1, 0.15) is 11.6 Å². The lowest BCUT2D eigenvalue weighted by atomic mass is 10.2. The van der Waals surface area contributed by atoms with Crippen molar-refractivity contribution in [1.82, 2.24) is 0 Å². The van der Waals surface area contributed by atoms with Crippen LogP contribution in [0.3, 0.4) is 0 Å². The van der Waals surface area contributed by atoms with E-state index in [0.29, 0.717) is 16.9 Å². The lowest BCUT2D eigenvalue weighted by Gasteiger charge is -2.06. The summed E-state index contributed by atoms with van der Waals surface area (Å²) in [6.45, 7) is 1.91. The number of carbonyl (C=O) groups is 2. The third-order valence-corrected chi connectivity index (χ3v) is 3.31. The number of amides is 1. The van der Waals surface area contributed by atoms with Crippen molar-refractivity contribution in [3.05, 3.63) is 71.4 Å². The number of ether oxygens (including phenoxy) is 1. The molecule has 0 aliphatic carbocycles. The zero-order chi connectivity index (χ0) is 18.2. The number of hydrogen-bond acceptors (Lipinski definition) is 5. The smallest absolute Gasteiger partial charge is 0.337 e. The number of nitrogens with one attached hydrogen (secondary N) is 2. The number of anilines is 2. The summed E-state index contributed by atoms with van der Waals surface area (Å²) in [5, 5.41) is 14.7. The second-order valence-electron chi connectivity index (χ2n) is 5.21. The zero-order valence-electron chi connectivity index (χ0n) is 13.9. The van der Waals surface area contributed by atoms with Crippen LogP contribution in [0.5, 0.6) is 0 Å². The van der Waals surface area contributed by atoms with Gasteiger partial charge >= 0.3 is 5.97 Å². The molecule has 0 bridgehead atoms. The molecule has 2 N–H and O–H groups in total. The van der Waals surface area contributed by atoms with Crippen LogP contribution in [0.4, 0.5) is 11.4 Å². The highest BCUT2D eigenvalue weighted by molar-refractivity contribution is 6.06. The Hall–Kier alpha value is -3.59. The molecule has 0 spiro atoms. The zero-order valence-corrected chi connectivity index (χ0v) is 13.9. The minimum atomic E-state index is -0.523. The average molecular weight is 335 g/mol. The Morgan fingerprint density at radius 1 is 1.12 bits per heavy atom. The van der Waals surface area contributed by atoms with Gasteiger partial charge in [0, 0.05) is 17.6 Å². The predicted molar refractivity (Wildman–Crippen MR) is 94.9 cm³/mol. The van der Waals surface area contributed by atoms with E-state index in [9.17, 15) is 14.9 Å². The van der Waals surface area contributed by atoms with Gasteiger partial charge in [-0.15, -0.1) is 0 Å². The molecule has 1 amide bonds. The number of nitriles is 1. The van der Waals surface area contributed by atoms with Crippen LogP contribution in [0.2, 0.25) is 0 Å². The first kappa shape index (κ1) is 17.8. The first-order valence-electron chi connectivity index (χ1n) is 7.46. The summed E-state index contributed by atoms with van der Waals surface area (Å²) in [6.07, 6.45) is 1.29. The number of carbonyl (C=O) groups excluding carboxylic acids is 2. The third-order valence-electron chi connectivity index (χ3n) is 3.31. The van der Waals surface area contributed by atoms with E-state index in [1.54, 1.807) is 36.4 Å². The quantitative estimate of drug-likeness (QED) is 0.497. The summed E-state index contributed by atoms with van der Waals surface area (Å²) in [5.41, 5.74) is 2.43. The molecule has 0 saturated carbocycles. The Morgan fingerprint density at radius 2 is 1.84 bits per heavy atom. The molecule has 0 saturated heterocycles. The Kier molecular flexibility index (Phi) is 5.91. The molecule has 0 radical (unpaired) electrons. The first-order valence-corrected chi connectivity index (χ1v) is 7.46. The van der Waals surface area contributed by atoms with E-state index in [4.69, 9.17) is 0 Å². The molecule has 25 heavy (non-hydrogen) atoms. The molecule has 0 atom stereocenters. The van der Waals surface area contributed by atoms with Crippen LogP contribution in [-0.2, 0) is 9.53 Å². The van der Waals surface area contributed by atoms with E-state index < -0.39 is 11.9 Å². The van der Waals surface area contributed by atoms with Crippen LogP contribution >= 0.6 is 0 Å². The predicted octanol–water partition coefficient (Wildman–Crippen LogP) is 3.24. The van der Waals surface area contributed by atoms with Crippen molar-refractivity contribution in [2.45, 2.75) is 6.92 Å². The highest BCUT2D eigenvalue weighted by Gasteiger charge is 2.10. The van der Waals surface area contributed by atoms with E-state index in [1.807, 2.05) is 25.1 Å². The number of aryl methyl sites for hydroxylation is 1. The number of benzene rings is 2. The largest absolute Gasteiger partial charge is 0.465 e. The molecule has 0 aromatic heterocycles. The van der Waals surface area contributed by atoms with Gasteiger partial charge in [-0.2, -0.15) is 5.26 Å². The molecule has 2 rings (SSSR count). The van der Waals surface area contributed by atoms with E-state index in [2.05, 4.69) is 15.4 Å². The number of nitrogens with zero attached hydrogens (tertiary/aromatic N) is 1. The van der Waals surface area contributed by atoms with Gasteiger partial charge in [-0.3, -0.25) is 4.79 Å². The minimum Gasteiger partial charge on any atom is -0.465 e. The third kappa shape index (κ3) is 4.94. The van der Waals surface area contributed by atoms with Crippen molar-refractivity contribution in [2.24, 2.45) is 0 Å². The van der Waals surface area contributed by atoms with Crippen LogP contribution in [0.1, 0.15) is 15.9 Å². The molecule has 0 aliphatic heterocycles. The number of rotatable bonds is 5. The second-order valence-corrected chi connectivity index (χ2v) is 5.21. The summed E-state index contributed by atoms with van der Waals surface area (Å²) in [4.78, 5) is 23.7. The summed E-state index contributed by atoms with van der Waals surface area (Å²) >= 11 is 0. The number of hydrogen-bond donors (Lipinski definition) is 2. The van der Waals surface area contributed by atoms with Crippen LogP contribution in [0, 0.1) is 18.3 Å². The van der Waals surface area contributed by atoms with Gasteiger partial charge in [0.15, 0.2) is 0 Å². The standard InChI is InChI=1S/C19H17N3O3/c1-13-5-3-8-17(9-13)22-18(23)15(11-20)12-21-16-7-4-6-14(10-16)19(24)25-2/h3-10,12,21H,1-2H3,(H,22,23)/b15-12-. The maximum atomic E-state index is 12.2. The molecule has 6 heteroatoms. The van der Waals surface area contributed by atoms with E-state index >= 15 is 0 Å². The molecule has 2 aromatic carbocycles. The van der Waals surface area contributed by atoms with Crippen molar-refractivity contribution >= 4 is 23.3 Å². The van der Waals surface area contributed by atoms with E-state index in [1.165, 1.54) is 13.3 Å². The monoisotopic (exact) mass is 335 g/mol. The highest BCUT2D eigenvalue weighted by atomic mass is 16.5. The lowest BCUT2D eigenvalue weighted by Crippen LogP contribution is -2.14. The van der Waals surface area contributed by atoms with Crippen molar-refractivity contribution in [1.29, 1.82) is 5.26 Å². The van der Waals surface area contributed by atoms with Crippen LogP contribution in [-0.4, -0.2) is 19.0 Å². The van der Waals surface area contributed by atoms with Crippen molar-refractivity contribution in [3.8, 4) is 6.07 Å².